The predicted octanol–water partition coefficient (Wildman–Crippen LogP) is 1.40. The van der Waals surface area contributed by atoms with Gasteiger partial charge in [-0.05, 0) is 50.3 Å². The molecular formula is C21H28N4O4. The van der Waals surface area contributed by atoms with Crippen molar-refractivity contribution in [3.8, 4) is 0 Å². The number of hydrogen-bond acceptors (Lipinski definition) is 4. The first-order valence-corrected chi connectivity index (χ1v) is 10.1. The van der Waals surface area contributed by atoms with Gasteiger partial charge in [0.2, 0.25) is 11.8 Å². The summed E-state index contributed by atoms with van der Waals surface area (Å²) in [4.78, 5) is 41.4. The number of hydrogen-bond donors (Lipinski definition) is 4. The van der Waals surface area contributed by atoms with Crippen molar-refractivity contribution < 1.29 is 19.5 Å². The van der Waals surface area contributed by atoms with Crippen LogP contribution >= 0.6 is 0 Å². The quantitative estimate of drug-likeness (QED) is 0.506. The van der Waals surface area contributed by atoms with Crippen LogP contribution in [0, 0.1) is 0 Å². The molecule has 156 valence electrons. The zero-order chi connectivity index (χ0) is 20.8. The third-order valence-corrected chi connectivity index (χ3v) is 5.45. The molecule has 2 amide bonds. The number of rotatable bonds is 9. The molecule has 1 saturated heterocycles. The molecular weight excluding hydrogens is 372 g/mol. The molecule has 0 aliphatic carbocycles. The van der Waals surface area contributed by atoms with E-state index in [1.54, 1.807) is 0 Å². The van der Waals surface area contributed by atoms with Crippen molar-refractivity contribution in [2.45, 2.75) is 50.6 Å². The molecule has 2 atom stereocenters. The molecule has 29 heavy (non-hydrogen) atoms. The van der Waals surface area contributed by atoms with Gasteiger partial charge in [0, 0.05) is 30.1 Å². The highest BCUT2D eigenvalue weighted by atomic mass is 16.4. The lowest BCUT2D eigenvalue weighted by Crippen LogP contribution is -2.51. The molecule has 3 rings (SSSR count). The van der Waals surface area contributed by atoms with Crippen molar-refractivity contribution in [1.29, 1.82) is 0 Å². The second-order valence-corrected chi connectivity index (χ2v) is 7.44. The second-order valence-electron chi connectivity index (χ2n) is 7.44. The van der Waals surface area contributed by atoms with Crippen LogP contribution in [0.1, 0.15) is 37.7 Å². The number of carbonyl (C=O) groups excluding carboxylic acids is 2. The number of amides is 2. The van der Waals surface area contributed by atoms with Crippen LogP contribution in [-0.4, -0.2) is 57.9 Å². The molecule has 5 N–H and O–H groups in total. The van der Waals surface area contributed by atoms with Gasteiger partial charge in [0.25, 0.3) is 0 Å². The minimum absolute atomic E-state index is 0.225. The summed E-state index contributed by atoms with van der Waals surface area (Å²) in [5.74, 6) is -1.56. The smallest absolute Gasteiger partial charge is 0.326 e. The van der Waals surface area contributed by atoms with E-state index in [2.05, 4.69) is 10.3 Å². The maximum atomic E-state index is 12.9. The number of aryl methyl sites for hydroxylation is 1. The Hall–Kier alpha value is -2.87. The number of fused-ring (bicyclic) bond motifs is 1. The van der Waals surface area contributed by atoms with Crippen LogP contribution < -0.4 is 11.1 Å². The molecule has 0 spiro atoms. The van der Waals surface area contributed by atoms with Gasteiger partial charge in [0.1, 0.15) is 12.1 Å². The maximum absolute atomic E-state index is 12.9. The topological polar surface area (TPSA) is 129 Å². The van der Waals surface area contributed by atoms with Crippen LogP contribution in [0.25, 0.3) is 10.9 Å². The summed E-state index contributed by atoms with van der Waals surface area (Å²) in [5, 5.41) is 13.2. The number of carboxylic acid groups (broad SMARTS) is 1. The van der Waals surface area contributed by atoms with Gasteiger partial charge in [-0.2, -0.15) is 0 Å². The fourth-order valence-corrected chi connectivity index (χ4v) is 3.92. The number of carbonyl (C=O) groups is 3. The first kappa shape index (κ1) is 20.9. The van der Waals surface area contributed by atoms with Crippen LogP contribution in [0.5, 0.6) is 0 Å². The molecule has 0 saturated carbocycles. The van der Waals surface area contributed by atoms with E-state index >= 15 is 0 Å². The van der Waals surface area contributed by atoms with Crippen LogP contribution in [0.15, 0.2) is 30.5 Å². The van der Waals surface area contributed by atoms with Crippen molar-refractivity contribution in [2.24, 2.45) is 5.73 Å². The Bertz CT molecular complexity index is 878. The van der Waals surface area contributed by atoms with E-state index in [1.807, 2.05) is 30.5 Å². The molecule has 1 fully saturated rings. The van der Waals surface area contributed by atoms with Gasteiger partial charge in [0.15, 0.2) is 0 Å². The van der Waals surface area contributed by atoms with Gasteiger partial charge in [-0.1, -0.05) is 18.2 Å². The number of likely N-dealkylation sites (tertiary alicyclic amines) is 1. The monoisotopic (exact) mass is 400 g/mol. The van der Waals surface area contributed by atoms with Gasteiger partial charge in [0.05, 0.1) is 0 Å². The highest BCUT2D eigenvalue weighted by Gasteiger charge is 2.37. The van der Waals surface area contributed by atoms with Gasteiger partial charge in [-0.15, -0.1) is 0 Å². The van der Waals surface area contributed by atoms with E-state index in [1.165, 1.54) is 4.90 Å². The highest BCUT2D eigenvalue weighted by molar-refractivity contribution is 5.91. The number of benzene rings is 1. The summed E-state index contributed by atoms with van der Waals surface area (Å²) < 4.78 is 0. The third-order valence-electron chi connectivity index (χ3n) is 5.45. The first-order chi connectivity index (χ1) is 14.0. The number of H-pyrrole nitrogens is 1. The Balaban J connectivity index is 1.62. The summed E-state index contributed by atoms with van der Waals surface area (Å²) >= 11 is 0. The number of para-hydroxylation sites is 1. The van der Waals surface area contributed by atoms with E-state index in [0.717, 1.165) is 16.5 Å². The average Bonchev–Trinajstić information content (AvgIpc) is 3.36. The van der Waals surface area contributed by atoms with Crippen molar-refractivity contribution >= 4 is 28.7 Å². The van der Waals surface area contributed by atoms with E-state index in [9.17, 15) is 19.5 Å². The predicted molar refractivity (Wildman–Crippen MR) is 109 cm³/mol. The molecule has 0 unspecified atom stereocenters. The molecule has 2 aromatic rings. The second kappa shape index (κ2) is 9.56. The summed E-state index contributed by atoms with van der Waals surface area (Å²) in [5.41, 5.74) is 7.65. The van der Waals surface area contributed by atoms with E-state index in [0.29, 0.717) is 45.2 Å². The van der Waals surface area contributed by atoms with E-state index in [4.69, 9.17) is 5.73 Å². The molecule has 0 radical (unpaired) electrons. The summed E-state index contributed by atoms with van der Waals surface area (Å²) in [6.07, 6.45) is 4.77. The lowest BCUT2D eigenvalue weighted by atomic mass is 10.1. The summed E-state index contributed by atoms with van der Waals surface area (Å²) in [6, 6.07) is 6.34. The van der Waals surface area contributed by atoms with Crippen molar-refractivity contribution in [2.75, 3.05) is 13.1 Å². The number of nitrogens with one attached hydrogen (secondary N) is 2. The number of aromatic nitrogens is 1. The lowest BCUT2D eigenvalue weighted by molar-refractivity contribution is -0.149. The molecule has 1 aliphatic heterocycles. The Morgan fingerprint density at radius 2 is 2.10 bits per heavy atom. The van der Waals surface area contributed by atoms with Gasteiger partial charge < -0.3 is 26.0 Å². The first-order valence-electron chi connectivity index (χ1n) is 10.1. The molecule has 1 aliphatic rings. The number of nitrogens with two attached hydrogens (primary N) is 1. The molecule has 2 heterocycles. The molecule has 0 bridgehead atoms. The van der Waals surface area contributed by atoms with Crippen LogP contribution in [0.3, 0.4) is 0 Å². The largest absolute Gasteiger partial charge is 0.480 e. The Morgan fingerprint density at radius 1 is 1.31 bits per heavy atom. The average molecular weight is 400 g/mol. The van der Waals surface area contributed by atoms with Gasteiger partial charge in [-0.25, -0.2) is 4.79 Å². The number of nitrogens with zero attached hydrogens (tertiary/aromatic N) is 1. The van der Waals surface area contributed by atoms with Crippen LogP contribution in [0.4, 0.5) is 0 Å². The Kier molecular flexibility index (Phi) is 6.87. The SMILES string of the molecule is NCCC[C@H](NC(=O)CCc1c[nH]c2ccccc12)C(=O)N1CCC[C@H]1C(=O)O. The zero-order valence-electron chi connectivity index (χ0n) is 16.4. The number of aliphatic carboxylic acids is 1. The zero-order valence-corrected chi connectivity index (χ0v) is 16.4. The standard InChI is InChI=1S/C21H28N4O4/c22-11-3-7-17(20(27)25-12-4-8-18(25)21(28)29)24-19(26)10-9-14-13-23-16-6-2-1-5-15(14)16/h1-2,5-6,13,17-18,23H,3-4,7-12,22H2,(H,24,26)(H,28,29)/t17-,18-/m0/s1. The number of carboxylic acids is 1. The van der Waals surface area contributed by atoms with Crippen LogP contribution in [0.2, 0.25) is 0 Å². The molecule has 8 heteroatoms. The molecule has 1 aromatic heterocycles. The maximum Gasteiger partial charge on any atom is 0.326 e. The van der Waals surface area contributed by atoms with Crippen molar-refractivity contribution in [3.05, 3.63) is 36.0 Å². The minimum Gasteiger partial charge on any atom is -0.480 e. The van der Waals surface area contributed by atoms with Gasteiger partial charge in [-0.3, -0.25) is 9.59 Å². The summed E-state index contributed by atoms with van der Waals surface area (Å²) in [7, 11) is 0. The fraction of sp³-hybridized carbons (Fsp3) is 0.476. The fourth-order valence-electron chi connectivity index (χ4n) is 3.92. The number of aromatic amines is 1. The Labute approximate surface area is 169 Å². The minimum atomic E-state index is -1.00. The van der Waals surface area contributed by atoms with E-state index < -0.39 is 18.1 Å². The normalized spacial score (nSPS) is 17.4. The lowest BCUT2D eigenvalue weighted by Gasteiger charge is -2.27. The third kappa shape index (κ3) is 4.95. The van der Waals surface area contributed by atoms with E-state index in [-0.39, 0.29) is 18.2 Å². The van der Waals surface area contributed by atoms with Crippen molar-refractivity contribution in [1.82, 2.24) is 15.2 Å². The van der Waals surface area contributed by atoms with Gasteiger partial charge >= 0.3 is 5.97 Å². The highest BCUT2D eigenvalue weighted by Crippen LogP contribution is 2.21. The Morgan fingerprint density at radius 3 is 2.86 bits per heavy atom. The van der Waals surface area contributed by atoms with Crippen LogP contribution in [-0.2, 0) is 20.8 Å². The van der Waals surface area contributed by atoms with Crippen molar-refractivity contribution in [3.63, 3.8) is 0 Å². The molecule has 1 aromatic carbocycles. The molecule has 8 nitrogen and oxygen atoms in total. The summed E-state index contributed by atoms with van der Waals surface area (Å²) in [6.45, 7) is 0.803.